The molecular weight excluding hydrogens is 200 g/mol. The summed E-state index contributed by atoms with van der Waals surface area (Å²) in [5.41, 5.74) is 0.611. The van der Waals surface area contributed by atoms with Crippen molar-refractivity contribution < 1.29 is 0 Å². The van der Waals surface area contributed by atoms with E-state index in [1.165, 1.54) is 0 Å². The van der Waals surface area contributed by atoms with Gasteiger partial charge in [0.05, 0.1) is 5.56 Å². The van der Waals surface area contributed by atoms with Crippen LogP contribution in [0, 0.1) is 11.3 Å². The van der Waals surface area contributed by atoms with Crippen molar-refractivity contribution in [1.29, 1.82) is 5.26 Å². The van der Waals surface area contributed by atoms with Crippen LogP contribution < -0.4 is 10.2 Å². The number of hydrogen-bond donors (Lipinski definition) is 1. The van der Waals surface area contributed by atoms with Crippen molar-refractivity contribution in [2.45, 2.75) is 25.9 Å². The SMILES string of the molecule is C[C@@H]1CN(c2ccc(C#N)cn2)C[C@H](C)N1. The Labute approximate surface area is 95.9 Å². The number of rotatable bonds is 1. The summed E-state index contributed by atoms with van der Waals surface area (Å²) < 4.78 is 0. The lowest BCUT2D eigenvalue weighted by molar-refractivity contribution is 0.405. The van der Waals surface area contributed by atoms with Crippen LogP contribution in [0.2, 0.25) is 0 Å². The van der Waals surface area contributed by atoms with Gasteiger partial charge in [0.1, 0.15) is 11.9 Å². The molecule has 0 bridgehead atoms. The average molecular weight is 216 g/mol. The van der Waals surface area contributed by atoms with Gasteiger partial charge in [-0.25, -0.2) is 4.98 Å². The molecule has 0 amide bonds. The van der Waals surface area contributed by atoms with Crippen LogP contribution in [-0.4, -0.2) is 30.2 Å². The Bertz CT molecular complexity index is 382. The van der Waals surface area contributed by atoms with E-state index < -0.39 is 0 Å². The van der Waals surface area contributed by atoms with E-state index in [2.05, 4.69) is 35.1 Å². The molecule has 2 atom stereocenters. The largest absolute Gasteiger partial charge is 0.354 e. The first-order chi connectivity index (χ1) is 7.69. The molecule has 0 spiro atoms. The first-order valence-corrected chi connectivity index (χ1v) is 5.56. The Balaban J connectivity index is 2.14. The third kappa shape index (κ3) is 2.31. The van der Waals surface area contributed by atoms with Gasteiger partial charge in [-0.1, -0.05) is 0 Å². The second kappa shape index (κ2) is 4.50. The van der Waals surface area contributed by atoms with Crippen LogP contribution in [0.5, 0.6) is 0 Å². The van der Waals surface area contributed by atoms with Gasteiger partial charge in [0.2, 0.25) is 0 Å². The predicted molar refractivity (Wildman–Crippen MR) is 63.2 cm³/mol. The topological polar surface area (TPSA) is 52.0 Å². The highest BCUT2D eigenvalue weighted by Crippen LogP contribution is 2.15. The highest BCUT2D eigenvalue weighted by molar-refractivity contribution is 5.42. The van der Waals surface area contributed by atoms with Crippen molar-refractivity contribution in [3.8, 4) is 6.07 Å². The summed E-state index contributed by atoms with van der Waals surface area (Å²) in [6.45, 7) is 6.27. The van der Waals surface area contributed by atoms with Gasteiger partial charge in [0.25, 0.3) is 0 Å². The molecular formula is C12H16N4. The van der Waals surface area contributed by atoms with E-state index in [4.69, 9.17) is 5.26 Å². The number of aromatic nitrogens is 1. The molecule has 1 saturated heterocycles. The van der Waals surface area contributed by atoms with Crippen LogP contribution in [0.3, 0.4) is 0 Å². The van der Waals surface area contributed by atoms with Gasteiger partial charge in [-0.15, -0.1) is 0 Å². The zero-order valence-electron chi connectivity index (χ0n) is 9.64. The molecule has 0 saturated carbocycles. The van der Waals surface area contributed by atoms with Crippen LogP contribution >= 0.6 is 0 Å². The molecule has 1 aliphatic heterocycles. The number of nitrogens with zero attached hydrogens (tertiary/aromatic N) is 3. The molecule has 0 aliphatic carbocycles. The van der Waals surface area contributed by atoms with Crippen molar-refractivity contribution in [3.63, 3.8) is 0 Å². The van der Waals surface area contributed by atoms with Gasteiger partial charge in [-0.3, -0.25) is 0 Å². The lowest BCUT2D eigenvalue weighted by Crippen LogP contribution is -2.54. The number of anilines is 1. The highest BCUT2D eigenvalue weighted by Gasteiger charge is 2.21. The molecule has 16 heavy (non-hydrogen) atoms. The molecule has 1 fully saturated rings. The Morgan fingerprint density at radius 1 is 1.38 bits per heavy atom. The number of piperazine rings is 1. The summed E-state index contributed by atoms with van der Waals surface area (Å²) in [5, 5.41) is 12.2. The molecule has 1 N–H and O–H groups in total. The fourth-order valence-corrected chi connectivity index (χ4v) is 2.15. The van der Waals surface area contributed by atoms with Crippen molar-refractivity contribution >= 4 is 5.82 Å². The van der Waals surface area contributed by atoms with Gasteiger partial charge in [-0.05, 0) is 26.0 Å². The highest BCUT2D eigenvalue weighted by atomic mass is 15.2. The van der Waals surface area contributed by atoms with Crippen molar-refractivity contribution in [2.75, 3.05) is 18.0 Å². The molecule has 4 nitrogen and oxygen atoms in total. The molecule has 84 valence electrons. The third-order valence-corrected chi connectivity index (χ3v) is 2.76. The van der Waals surface area contributed by atoms with E-state index in [9.17, 15) is 0 Å². The Morgan fingerprint density at radius 2 is 2.06 bits per heavy atom. The van der Waals surface area contributed by atoms with Crippen LogP contribution in [0.15, 0.2) is 18.3 Å². The first-order valence-electron chi connectivity index (χ1n) is 5.56. The normalized spacial score (nSPS) is 25.2. The smallest absolute Gasteiger partial charge is 0.128 e. The summed E-state index contributed by atoms with van der Waals surface area (Å²) in [7, 11) is 0. The lowest BCUT2D eigenvalue weighted by Gasteiger charge is -2.36. The summed E-state index contributed by atoms with van der Waals surface area (Å²) >= 11 is 0. The minimum absolute atomic E-state index is 0.473. The van der Waals surface area contributed by atoms with Gasteiger partial charge in [-0.2, -0.15) is 5.26 Å². The van der Waals surface area contributed by atoms with Crippen LogP contribution in [0.1, 0.15) is 19.4 Å². The average Bonchev–Trinajstić information content (AvgIpc) is 2.28. The summed E-state index contributed by atoms with van der Waals surface area (Å²) in [6, 6.07) is 6.77. The third-order valence-electron chi connectivity index (χ3n) is 2.76. The van der Waals surface area contributed by atoms with Crippen LogP contribution in [-0.2, 0) is 0 Å². The Morgan fingerprint density at radius 3 is 2.56 bits per heavy atom. The molecule has 0 aromatic carbocycles. The molecule has 1 aliphatic rings. The minimum Gasteiger partial charge on any atom is -0.354 e. The maximum atomic E-state index is 8.71. The van der Waals surface area contributed by atoms with Crippen LogP contribution in [0.4, 0.5) is 5.82 Å². The molecule has 4 heteroatoms. The molecule has 0 unspecified atom stereocenters. The van der Waals surface area contributed by atoms with E-state index in [0.717, 1.165) is 18.9 Å². The second-order valence-electron chi connectivity index (χ2n) is 4.39. The monoisotopic (exact) mass is 216 g/mol. The van der Waals surface area contributed by atoms with Gasteiger partial charge in [0, 0.05) is 31.4 Å². The minimum atomic E-state index is 0.473. The van der Waals surface area contributed by atoms with Crippen LogP contribution in [0.25, 0.3) is 0 Å². The number of nitriles is 1. The summed E-state index contributed by atoms with van der Waals surface area (Å²) in [5.74, 6) is 0.958. The molecule has 2 rings (SSSR count). The number of hydrogen-bond acceptors (Lipinski definition) is 4. The predicted octanol–water partition coefficient (Wildman–Crippen LogP) is 1.14. The van der Waals surface area contributed by atoms with Crippen molar-refractivity contribution in [3.05, 3.63) is 23.9 Å². The second-order valence-corrected chi connectivity index (χ2v) is 4.39. The molecule has 0 radical (unpaired) electrons. The summed E-state index contributed by atoms with van der Waals surface area (Å²) in [6.07, 6.45) is 1.63. The number of pyridine rings is 1. The van der Waals surface area contributed by atoms with Gasteiger partial charge >= 0.3 is 0 Å². The zero-order chi connectivity index (χ0) is 11.5. The van der Waals surface area contributed by atoms with Gasteiger partial charge < -0.3 is 10.2 Å². The fraction of sp³-hybridized carbons (Fsp3) is 0.500. The maximum Gasteiger partial charge on any atom is 0.128 e. The number of nitrogens with one attached hydrogen (secondary N) is 1. The molecule has 1 aromatic heterocycles. The van der Waals surface area contributed by atoms with Crippen molar-refractivity contribution in [1.82, 2.24) is 10.3 Å². The van der Waals surface area contributed by atoms with E-state index in [-0.39, 0.29) is 0 Å². The van der Waals surface area contributed by atoms with Gasteiger partial charge in [0.15, 0.2) is 0 Å². The molecule has 2 heterocycles. The Kier molecular flexibility index (Phi) is 3.07. The van der Waals surface area contributed by atoms with E-state index in [1.54, 1.807) is 6.20 Å². The van der Waals surface area contributed by atoms with E-state index >= 15 is 0 Å². The quantitative estimate of drug-likeness (QED) is 0.765. The van der Waals surface area contributed by atoms with Crippen molar-refractivity contribution in [2.24, 2.45) is 0 Å². The van der Waals surface area contributed by atoms with E-state index in [1.807, 2.05) is 12.1 Å². The van der Waals surface area contributed by atoms with E-state index in [0.29, 0.717) is 17.6 Å². The standard InChI is InChI=1S/C12H16N4/c1-9-7-16(8-10(2)15-9)12-4-3-11(5-13)6-14-12/h3-4,6,9-10,15H,7-8H2,1-2H3/t9-,10+. The molecule has 1 aromatic rings. The summed E-state index contributed by atoms with van der Waals surface area (Å²) in [4.78, 5) is 6.57. The Hall–Kier alpha value is -1.60. The lowest BCUT2D eigenvalue weighted by atomic mass is 10.1. The fourth-order valence-electron chi connectivity index (χ4n) is 2.15. The zero-order valence-corrected chi connectivity index (χ0v) is 9.64. The maximum absolute atomic E-state index is 8.71. The first kappa shape index (κ1) is 10.9.